The van der Waals surface area contributed by atoms with Crippen molar-refractivity contribution in [2.24, 2.45) is 11.5 Å². The maximum Gasteiger partial charge on any atom is 0.0704 e. The van der Waals surface area contributed by atoms with Crippen LogP contribution < -0.4 is 11.5 Å². The molecule has 0 bridgehead atoms. The van der Waals surface area contributed by atoms with E-state index in [-0.39, 0.29) is 0 Å². The Labute approximate surface area is 102 Å². The average molecular weight is 229 g/mol. The largest absolute Gasteiger partial charge is 0.330 e. The smallest absolute Gasteiger partial charge is 0.0704 e. The van der Waals surface area contributed by atoms with Crippen LogP contribution in [0.3, 0.4) is 0 Å². The molecule has 17 heavy (non-hydrogen) atoms. The van der Waals surface area contributed by atoms with Gasteiger partial charge in [0.05, 0.1) is 5.52 Å². The van der Waals surface area contributed by atoms with Crippen LogP contribution in [-0.2, 0) is 0 Å². The Morgan fingerprint density at radius 2 is 1.71 bits per heavy atom. The number of benzene rings is 1. The van der Waals surface area contributed by atoms with Crippen molar-refractivity contribution in [3.05, 3.63) is 42.1 Å². The van der Waals surface area contributed by atoms with Crippen LogP contribution in [0.4, 0.5) is 0 Å². The van der Waals surface area contributed by atoms with Gasteiger partial charge < -0.3 is 11.5 Å². The molecule has 0 aliphatic rings. The van der Waals surface area contributed by atoms with Crippen molar-refractivity contribution in [1.82, 2.24) is 4.98 Å². The Kier molecular flexibility index (Phi) is 4.07. The summed E-state index contributed by atoms with van der Waals surface area (Å²) in [7, 11) is 0. The number of hydrogen-bond acceptors (Lipinski definition) is 3. The zero-order valence-corrected chi connectivity index (χ0v) is 9.97. The average Bonchev–Trinajstić information content (AvgIpc) is 2.38. The molecule has 0 spiro atoms. The molecule has 2 rings (SSSR count). The van der Waals surface area contributed by atoms with Gasteiger partial charge in [0.25, 0.3) is 0 Å². The summed E-state index contributed by atoms with van der Waals surface area (Å²) < 4.78 is 0. The fraction of sp³-hybridized carbons (Fsp3) is 0.357. The first-order valence-electron chi connectivity index (χ1n) is 6.10. The molecule has 0 atom stereocenters. The topological polar surface area (TPSA) is 64.9 Å². The fourth-order valence-electron chi connectivity index (χ4n) is 2.33. The van der Waals surface area contributed by atoms with Crippen LogP contribution in [0.5, 0.6) is 0 Å². The summed E-state index contributed by atoms with van der Waals surface area (Å²) in [6.45, 7) is 1.39. The molecule has 3 nitrogen and oxygen atoms in total. The predicted molar refractivity (Wildman–Crippen MR) is 71.8 cm³/mol. The molecule has 0 saturated carbocycles. The number of pyridine rings is 1. The van der Waals surface area contributed by atoms with Gasteiger partial charge in [0.2, 0.25) is 0 Å². The molecule has 0 aliphatic carbocycles. The summed E-state index contributed by atoms with van der Waals surface area (Å²) >= 11 is 0. The van der Waals surface area contributed by atoms with Crippen LogP contribution in [0, 0.1) is 0 Å². The normalized spacial score (nSPS) is 11.2. The lowest BCUT2D eigenvalue weighted by Crippen LogP contribution is -2.12. The molecule has 2 aromatic rings. The highest BCUT2D eigenvalue weighted by Crippen LogP contribution is 2.28. The number of rotatable bonds is 5. The van der Waals surface area contributed by atoms with E-state index in [2.05, 4.69) is 23.2 Å². The van der Waals surface area contributed by atoms with Gasteiger partial charge in [-0.05, 0) is 49.5 Å². The molecule has 3 heteroatoms. The summed E-state index contributed by atoms with van der Waals surface area (Å²) in [5.74, 6) is 0.442. The third kappa shape index (κ3) is 2.62. The Morgan fingerprint density at radius 1 is 1.00 bits per heavy atom. The zero-order valence-electron chi connectivity index (χ0n) is 9.97. The Morgan fingerprint density at radius 3 is 2.41 bits per heavy atom. The van der Waals surface area contributed by atoms with Gasteiger partial charge in [-0.2, -0.15) is 0 Å². The van der Waals surface area contributed by atoms with Gasteiger partial charge in [-0.1, -0.05) is 18.2 Å². The quantitative estimate of drug-likeness (QED) is 0.824. The molecule has 1 heterocycles. The number of fused-ring (bicyclic) bond motifs is 1. The van der Waals surface area contributed by atoms with E-state index in [9.17, 15) is 0 Å². The van der Waals surface area contributed by atoms with E-state index >= 15 is 0 Å². The molecule has 90 valence electrons. The van der Waals surface area contributed by atoms with Gasteiger partial charge >= 0.3 is 0 Å². The molecular weight excluding hydrogens is 210 g/mol. The zero-order chi connectivity index (χ0) is 12.1. The third-order valence-corrected chi connectivity index (χ3v) is 3.15. The van der Waals surface area contributed by atoms with Crippen LogP contribution in [0.2, 0.25) is 0 Å². The van der Waals surface area contributed by atoms with Crippen molar-refractivity contribution >= 4 is 10.9 Å². The number of aromatic nitrogens is 1. The first kappa shape index (κ1) is 12.0. The highest BCUT2D eigenvalue weighted by atomic mass is 14.6. The number of nitrogens with two attached hydrogens (primary N) is 2. The van der Waals surface area contributed by atoms with Gasteiger partial charge in [-0.25, -0.2) is 0 Å². The summed E-state index contributed by atoms with van der Waals surface area (Å²) in [4.78, 5) is 4.38. The van der Waals surface area contributed by atoms with E-state index < -0.39 is 0 Å². The molecule has 0 saturated heterocycles. The summed E-state index contributed by atoms with van der Waals surface area (Å²) in [5.41, 5.74) is 13.7. The van der Waals surface area contributed by atoms with E-state index in [0.717, 1.165) is 18.4 Å². The number of hydrogen-bond donors (Lipinski definition) is 2. The monoisotopic (exact) mass is 229 g/mol. The molecule has 0 amide bonds. The molecule has 0 radical (unpaired) electrons. The summed E-state index contributed by atoms with van der Waals surface area (Å²) in [6, 6.07) is 10.3. The molecular formula is C14H19N3. The third-order valence-electron chi connectivity index (χ3n) is 3.15. The Bertz CT molecular complexity index is 470. The summed E-state index contributed by atoms with van der Waals surface area (Å²) in [6.07, 6.45) is 3.83. The predicted octanol–water partition coefficient (Wildman–Crippen LogP) is 2.02. The Balaban J connectivity index is 2.44. The van der Waals surface area contributed by atoms with Gasteiger partial charge in [-0.3, -0.25) is 4.98 Å². The van der Waals surface area contributed by atoms with Gasteiger partial charge in [0.15, 0.2) is 0 Å². The lowest BCUT2D eigenvalue weighted by molar-refractivity contribution is 0.595. The molecule has 4 N–H and O–H groups in total. The Hall–Kier alpha value is -1.45. The van der Waals surface area contributed by atoms with Crippen LogP contribution in [0.25, 0.3) is 10.9 Å². The van der Waals surface area contributed by atoms with Crippen LogP contribution in [-0.4, -0.2) is 18.1 Å². The van der Waals surface area contributed by atoms with E-state index in [1.54, 1.807) is 0 Å². The SMILES string of the molecule is NCCC(CCN)c1ccnc2ccccc12. The first-order chi connectivity index (χ1) is 8.36. The molecule has 0 aliphatic heterocycles. The molecule has 0 unspecified atom stereocenters. The lowest BCUT2D eigenvalue weighted by atomic mass is 9.90. The second kappa shape index (κ2) is 5.75. The van der Waals surface area contributed by atoms with Gasteiger partial charge in [-0.15, -0.1) is 0 Å². The van der Waals surface area contributed by atoms with Crippen molar-refractivity contribution in [3.8, 4) is 0 Å². The maximum absolute atomic E-state index is 5.68. The molecule has 0 fully saturated rings. The van der Waals surface area contributed by atoms with Crippen molar-refractivity contribution in [2.75, 3.05) is 13.1 Å². The molecule has 1 aromatic heterocycles. The van der Waals surface area contributed by atoms with E-state index in [1.807, 2.05) is 18.3 Å². The van der Waals surface area contributed by atoms with E-state index in [0.29, 0.717) is 19.0 Å². The highest BCUT2D eigenvalue weighted by molar-refractivity contribution is 5.82. The standard InChI is InChI=1S/C14H19N3/c15-8-5-11(6-9-16)12-7-10-17-14-4-2-1-3-13(12)14/h1-4,7,10-11H,5-6,8-9,15-16H2. The minimum Gasteiger partial charge on any atom is -0.330 e. The van der Waals surface area contributed by atoms with Crippen molar-refractivity contribution < 1.29 is 0 Å². The van der Waals surface area contributed by atoms with Gasteiger partial charge in [0.1, 0.15) is 0 Å². The van der Waals surface area contributed by atoms with Crippen LogP contribution >= 0.6 is 0 Å². The highest BCUT2D eigenvalue weighted by Gasteiger charge is 2.13. The second-order valence-corrected chi connectivity index (χ2v) is 4.27. The fourth-order valence-corrected chi connectivity index (χ4v) is 2.33. The van der Waals surface area contributed by atoms with Crippen LogP contribution in [0.15, 0.2) is 36.5 Å². The van der Waals surface area contributed by atoms with Crippen molar-refractivity contribution in [1.29, 1.82) is 0 Å². The number of nitrogens with zero attached hydrogens (tertiary/aromatic N) is 1. The number of para-hydroxylation sites is 1. The van der Waals surface area contributed by atoms with Crippen molar-refractivity contribution in [3.63, 3.8) is 0 Å². The van der Waals surface area contributed by atoms with E-state index in [1.165, 1.54) is 10.9 Å². The second-order valence-electron chi connectivity index (χ2n) is 4.27. The minimum atomic E-state index is 0.442. The van der Waals surface area contributed by atoms with Crippen LogP contribution in [0.1, 0.15) is 24.3 Å². The van der Waals surface area contributed by atoms with E-state index in [4.69, 9.17) is 11.5 Å². The first-order valence-corrected chi connectivity index (χ1v) is 6.10. The van der Waals surface area contributed by atoms with Crippen molar-refractivity contribution in [2.45, 2.75) is 18.8 Å². The minimum absolute atomic E-state index is 0.442. The summed E-state index contributed by atoms with van der Waals surface area (Å²) in [5, 5.41) is 1.22. The lowest BCUT2D eigenvalue weighted by Gasteiger charge is -2.17. The maximum atomic E-state index is 5.68. The molecule has 1 aromatic carbocycles. The van der Waals surface area contributed by atoms with Gasteiger partial charge in [0, 0.05) is 11.6 Å².